The van der Waals surface area contributed by atoms with Crippen LogP contribution < -0.4 is 10.6 Å². The number of carbonyl (C=O) groups is 4. The van der Waals surface area contributed by atoms with Gasteiger partial charge in [-0.15, -0.1) is 0 Å². The fourth-order valence-electron chi connectivity index (χ4n) is 2.57. The summed E-state index contributed by atoms with van der Waals surface area (Å²) in [6.45, 7) is 10.1. The van der Waals surface area contributed by atoms with E-state index < -0.39 is 47.3 Å². The highest BCUT2D eigenvalue weighted by Gasteiger charge is 2.42. The van der Waals surface area contributed by atoms with Crippen LogP contribution in [-0.2, 0) is 23.8 Å². The zero-order valence-electron chi connectivity index (χ0n) is 17.6. The third-order valence-corrected chi connectivity index (χ3v) is 3.56. The standard InChI is InChI=1S/C18H31N3O7/c1-17(2,3)27-15(24)19-9-13(22)20-11-8-12(14(23)26-7)21(10-11)16(25)28-18(4,5)6/h11-12H,8-10H2,1-7H3,(H,19,24)(H,20,22)/t11-,12+/m0/s1. The van der Waals surface area contributed by atoms with Crippen molar-refractivity contribution < 1.29 is 33.4 Å². The van der Waals surface area contributed by atoms with E-state index in [1.165, 1.54) is 12.0 Å². The number of likely N-dealkylation sites (tertiary alicyclic amines) is 1. The van der Waals surface area contributed by atoms with Crippen molar-refractivity contribution in [3.05, 3.63) is 0 Å². The van der Waals surface area contributed by atoms with Crippen LogP contribution in [0.25, 0.3) is 0 Å². The summed E-state index contributed by atoms with van der Waals surface area (Å²) in [5, 5.41) is 5.04. The number of hydrogen-bond donors (Lipinski definition) is 2. The van der Waals surface area contributed by atoms with Crippen LogP contribution in [0.3, 0.4) is 0 Å². The first-order chi connectivity index (χ1) is 12.7. The predicted molar refractivity (Wildman–Crippen MR) is 99.5 cm³/mol. The summed E-state index contributed by atoms with van der Waals surface area (Å²) in [4.78, 5) is 49.3. The van der Waals surface area contributed by atoms with Crippen molar-refractivity contribution >= 4 is 24.1 Å². The van der Waals surface area contributed by atoms with E-state index in [9.17, 15) is 19.2 Å². The van der Waals surface area contributed by atoms with Crippen LogP contribution in [0.15, 0.2) is 0 Å². The van der Waals surface area contributed by atoms with Crippen LogP contribution >= 0.6 is 0 Å². The van der Waals surface area contributed by atoms with Crippen LogP contribution in [0.5, 0.6) is 0 Å². The van der Waals surface area contributed by atoms with E-state index in [4.69, 9.17) is 14.2 Å². The number of alkyl carbamates (subject to hydrolysis) is 1. The van der Waals surface area contributed by atoms with Gasteiger partial charge in [0.1, 0.15) is 23.8 Å². The number of nitrogens with zero attached hydrogens (tertiary/aromatic N) is 1. The smallest absolute Gasteiger partial charge is 0.411 e. The molecule has 2 N–H and O–H groups in total. The Labute approximate surface area is 165 Å². The van der Waals surface area contributed by atoms with Gasteiger partial charge in [0.25, 0.3) is 0 Å². The molecular formula is C18H31N3O7. The minimum Gasteiger partial charge on any atom is -0.467 e. The lowest BCUT2D eigenvalue weighted by atomic mass is 10.1. The second-order valence-corrected chi connectivity index (χ2v) is 8.53. The van der Waals surface area contributed by atoms with E-state index in [1.807, 2.05) is 0 Å². The van der Waals surface area contributed by atoms with Crippen molar-refractivity contribution in [2.75, 3.05) is 20.2 Å². The van der Waals surface area contributed by atoms with Gasteiger partial charge in [-0.25, -0.2) is 14.4 Å². The van der Waals surface area contributed by atoms with E-state index >= 15 is 0 Å². The fourth-order valence-corrected chi connectivity index (χ4v) is 2.57. The lowest BCUT2D eigenvalue weighted by Crippen LogP contribution is -2.45. The Balaban J connectivity index is 2.64. The van der Waals surface area contributed by atoms with Crippen LogP contribution in [0.2, 0.25) is 0 Å². The van der Waals surface area contributed by atoms with Gasteiger partial charge in [-0.3, -0.25) is 9.69 Å². The van der Waals surface area contributed by atoms with E-state index in [2.05, 4.69) is 10.6 Å². The molecule has 1 aliphatic heterocycles. The second-order valence-electron chi connectivity index (χ2n) is 8.53. The van der Waals surface area contributed by atoms with Crippen molar-refractivity contribution in [2.45, 2.75) is 71.2 Å². The Morgan fingerprint density at radius 3 is 2.07 bits per heavy atom. The normalized spacial score (nSPS) is 19.6. The largest absolute Gasteiger partial charge is 0.467 e. The molecule has 2 atom stereocenters. The van der Waals surface area contributed by atoms with Crippen LogP contribution in [0.1, 0.15) is 48.0 Å². The average molecular weight is 401 g/mol. The van der Waals surface area contributed by atoms with Gasteiger partial charge < -0.3 is 24.8 Å². The molecule has 1 fully saturated rings. The van der Waals surface area contributed by atoms with Crippen LogP contribution in [0.4, 0.5) is 9.59 Å². The van der Waals surface area contributed by atoms with Gasteiger partial charge in [-0.05, 0) is 41.5 Å². The number of rotatable bonds is 4. The van der Waals surface area contributed by atoms with Gasteiger partial charge in [0.2, 0.25) is 5.91 Å². The van der Waals surface area contributed by atoms with Crippen molar-refractivity contribution in [1.29, 1.82) is 0 Å². The molecule has 0 saturated carbocycles. The second kappa shape index (κ2) is 9.11. The Hall–Kier alpha value is -2.52. The number of esters is 1. The molecule has 10 heteroatoms. The first-order valence-corrected chi connectivity index (χ1v) is 9.05. The number of ether oxygens (including phenoxy) is 3. The van der Waals surface area contributed by atoms with Crippen molar-refractivity contribution in [1.82, 2.24) is 15.5 Å². The van der Waals surface area contributed by atoms with E-state index in [0.717, 1.165) is 0 Å². The molecule has 1 aliphatic rings. The molecule has 0 unspecified atom stereocenters. The summed E-state index contributed by atoms with van der Waals surface area (Å²) in [7, 11) is 1.23. The van der Waals surface area contributed by atoms with Crippen molar-refractivity contribution in [3.63, 3.8) is 0 Å². The summed E-state index contributed by atoms with van der Waals surface area (Å²) in [6, 6.07) is -1.34. The minimum atomic E-state index is -0.857. The number of nitrogens with one attached hydrogen (secondary N) is 2. The predicted octanol–water partition coefficient (Wildman–Crippen LogP) is 1.18. The maximum atomic E-state index is 12.4. The highest BCUT2D eigenvalue weighted by atomic mass is 16.6. The Bertz CT molecular complexity index is 607. The summed E-state index contributed by atoms with van der Waals surface area (Å²) in [5.74, 6) is -1.06. The van der Waals surface area contributed by atoms with Gasteiger partial charge in [0, 0.05) is 19.0 Å². The summed E-state index contributed by atoms with van der Waals surface area (Å²) >= 11 is 0. The monoisotopic (exact) mass is 401 g/mol. The molecule has 28 heavy (non-hydrogen) atoms. The maximum absolute atomic E-state index is 12.4. The van der Waals surface area contributed by atoms with E-state index in [1.54, 1.807) is 41.5 Å². The number of carbonyl (C=O) groups excluding carboxylic acids is 4. The van der Waals surface area contributed by atoms with Gasteiger partial charge in [-0.2, -0.15) is 0 Å². The lowest BCUT2D eigenvalue weighted by molar-refractivity contribution is -0.145. The summed E-state index contributed by atoms with van der Waals surface area (Å²) in [6.07, 6.45) is -1.19. The van der Waals surface area contributed by atoms with Crippen molar-refractivity contribution in [3.8, 4) is 0 Å². The van der Waals surface area contributed by atoms with E-state index in [-0.39, 0.29) is 19.5 Å². The quantitative estimate of drug-likeness (QED) is 0.535. The van der Waals surface area contributed by atoms with Gasteiger partial charge >= 0.3 is 18.2 Å². The first-order valence-electron chi connectivity index (χ1n) is 9.05. The molecule has 0 radical (unpaired) electrons. The molecule has 1 heterocycles. The minimum absolute atomic E-state index is 0.0901. The zero-order valence-corrected chi connectivity index (χ0v) is 17.6. The zero-order chi connectivity index (χ0) is 21.7. The Morgan fingerprint density at radius 2 is 1.57 bits per heavy atom. The number of amides is 3. The third-order valence-electron chi connectivity index (χ3n) is 3.56. The first kappa shape index (κ1) is 23.5. The van der Waals surface area contributed by atoms with Gasteiger partial charge in [0.15, 0.2) is 0 Å². The highest BCUT2D eigenvalue weighted by molar-refractivity contribution is 5.84. The molecule has 0 spiro atoms. The van der Waals surface area contributed by atoms with Crippen LogP contribution in [0, 0.1) is 0 Å². The third kappa shape index (κ3) is 8.01. The molecule has 1 saturated heterocycles. The molecule has 0 aromatic heterocycles. The fraction of sp³-hybridized carbons (Fsp3) is 0.778. The summed E-state index contributed by atoms with van der Waals surface area (Å²) in [5.41, 5.74) is -1.40. The molecule has 0 aromatic rings. The molecule has 0 aromatic carbocycles. The molecule has 160 valence electrons. The van der Waals surface area contributed by atoms with Crippen molar-refractivity contribution in [2.24, 2.45) is 0 Å². The molecule has 1 rings (SSSR count). The lowest BCUT2D eigenvalue weighted by Gasteiger charge is -2.27. The number of methoxy groups -OCH3 is 1. The average Bonchev–Trinajstić information content (AvgIpc) is 2.93. The maximum Gasteiger partial charge on any atom is 0.411 e. The molecule has 10 nitrogen and oxygen atoms in total. The van der Waals surface area contributed by atoms with Gasteiger partial charge in [0.05, 0.1) is 7.11 Å². The topological polar surface area (TPSA) is 123 Å². The molecular weight excluding hydrogens is 370 g/mol. The molecule has 3 amide bonds. The highest BCUT2D eigenvalue weighted by Crippen LogP contribution is 2.22. The Kier molecular flexibility index (Phi) is 7.66. The molecule has 0 aliphatic carbocycles. The summed E-state index contributed by atoms with van der Waals surface area (Å²) < 4.78 is 15.1. The van der Waals surface area contributed by atoms with Gasteiger partial charge in [-0.1, -0.05) is 0 Å². The van der Waals surface area contributed by atoms with Crippen LogP contribution in [-0.4, -0.2) is 72.4 Å². The number of hydrogen-bond acceptors (Lipinski definition) is 7. The van der Waals surface area contributed by atoms with E-state index in [0.29, 0.717) is 0 Å². The Morgan fingerprint density at radius 1 is 1.00 bits per heavy atom. The molecule has 0 bridgehead atoms. The SMILES string of the molecule is COC(=O)[C@H]1C[C@H](NC(=O)CNC(=O)OC(C)(C)C)CN1C(=O)OC(C)(C)C.